The summed E-state index contributed by atoms with van der Waals surface area (Å²) in [6.07, 6.45) is 1.02. The monoisotopic (exact) mass is 304 g/mol. The van der Waals surface area contributed by atoms with Crippen LogP contribution < -0.4 is 15.4 Å². The fourth-order valence-corrected chi connectivity index (χ4v) is 3.38. The standard InChI is InChI=1S/C17H24N2O3/c1-10-11(2)19(12(3)20)16-5-4-13(8-15(16)17(10)18)22-14-6-7-21-9-14/h4-5,8,10-11,14,17H,6-7,9,18H2,1-3H3/t10-,11-,14?,17+/m0/s1. The van der Waals surface area contributed by atoms with E-state index in [0.29, 0.717) is 6.61 Å². The van der Waals surface area contributed by atoms with Gasteiger partial charge in [0.2, 0.25) is 5.91 Å². The smallest absolute Gasteiger partial charge is 0.224 e. The minimum absolute atomic E-state index is 0.0466. The summed E-state index contributed by atoms with van der Waals surface area (Å²) in [6.45, 7) is 7.13. The molecule has 22 heavy (non-hydrogen) atoms. The zero-order valence-corrected chi connectivity index (χ0v) is 13.4. The molecule has 0 spiro atoms. The number of carbonyl (C=O) groups is 1. The van der Waals surface area contributed by atoms with Crippen molar-refractivity contribution in [2.24, 2.45) is 11.7 Å². The van der Waals surface area contributed by atoms with Crippen molar-refractivity contribution in [3.05, 3.63) is 23.8 Å². The molecule has 2 aliphatic heterocycles. The van der Waals surface area contributed by atoms with Crippen molar-refractivity contribution >= 4 is 11.6 Å². The predicted molar refractivity (Wildman–Crippen MR) is 85.0 cm³/mol. The second-order valence-corrected chi connectivity index (χ2v) is 6.34. The highest BCUT2D eigenvalue weighted by molar-refractivity contribution is 5.93. The SMILES string of the molecule is CC(=O)N1c2ccc(OC3CCOC3)cc2[C@H](N)[C@@H](C)[C@@H]1C. The van der Waals surface area contributed by atoms with Crippen LogP contribution >= 0.6 is 0 Å². The Labute approximate surface area is 131 Å². The number of rotatable bonds is 2. The first kappa shape index (κ1) is 15.3. The van der Waals surface area contributed by atoms with Crippen LogP contribution in [0.4, 0.5) is 5.69 Å². The molecule has 4 atom stereocenters. The fraction of sp³-hybridized carbons (Fsp3) is 0.588. The lowest BCUT2D eigenvalue weighted by Gasteiger charge is -2.42. The van der Waals surface area contributed by atoms with E-state index in [0.717, 1.165) is 30.0 Å². The van der Waals surface area contributed by atoms with E-state index in [1.165, 1.54) is 0 Å². The van der Waals surface area contributed by atoms with Crippen LogP contribution in [0.5, 0.6) is 5.75 Å². The number of nitrogens with two attached hydrogens (primary N) is 1. The van der Waals surface area contributed by atoms with Gasteiger partial charge >= 0.3 is 0 Å². The van der Waals surface area contributed by atoms with Gasteiger partial charge in [-0.05, 0) is 36.6 Å². The number of hydrogen-bond donors (Lipinski definition) is 1. The maximum absolute atomic E-state index is 12.0. The molecule has 0 aromatic heterocycles. The number of benzene rings is 1. The van der Waals surface area contributed by atoms with E-state index < -0.39 is 0 Å². The van der Waals surface area contributed by atoms with Gasteiger partial charge < -0.3 is 20.1 Å². The number of hydrogen-bond acceptors (Lipinski definition) is 4. The number of ether oxygens (including phenoxy) is 2. The van der Waals surface area contributed by atoms with Crippen molar-refractivity contribution < 1.29 is 14.3 Å². The summed E-state index contributed by atoms with van der Waals surface area (Å²) < 4.78 is 11.3. The van der Waals surface area contributed by atoms with E-state index in [4.69, 9.17) is 15.2 Å². The lowest BCUT2D eigenvalue weighted by molar-refractivity contribution is -0.117. The molecule has 0 aliphatic carbocycles. The second-order valence-electron chi connectivity index (χ2n) is 6.34. The van der Waals surface area contributed by atoms with Crippen LogP contribution in [0.1, 0.15) is 38.8 Å². The number of fused-ring (bicyclic) bond motifs is 1. The van der Waals surface area contributed by atoms with Gasteiger partial charge in [-0.25, -0.2) is 0 Å². The van der Waals surface area contributed by atoms with Crippen molar-refractivity contribution in [3.8, 4) is 5.75 Å². The van der Waals surface area contributed by atoms with Gasteiger partial charge in [0.25, 0.3) is 0 Å². The Morgan fingerprint density at radius 3 is 2.82 bits per heavy atom. The van der Waals surface area contributed by atoms with E-state index in [2.05, 4.69) is 13.8 Å². The molecule has 1 saturated heterocycles. The largest absolute Gasteiger partial charge is 0.488 e. The van der Waals surface area contributed by atoms with E-state index in [9.17, 15) is 4.79 Å². The van der Waals surface area contributed by atoms with E-state index in [1.54, 1.807) is 6.92 Å². The lowest BCUT2D eigenvalue weighted by atomic mass is 9.83. The number of carbonyl (C=O) groups excluding carboxylic acids is 1. The Kier molecular flexibility index (Phi) is 4.10. The molecule has 0 bridgehead atoms. The molecule has 5 heteroatoms. The zero-order chi connectivity index (χ0) is 15.9. The van der Waals surface area contributed by atoms with Gasteiger partial charge in [0.1, 0.15) is 11.9 Å². The summed E-state index contributed by atoms with van der Waals surface area (Å²) in [7, 11) is 0. The molecule has 120 valence electrons. The molecule has 2 aliphatic rings. The van der Waals surface area contributed by atoms with Crippen LogP contribution in [0.15, 0.2) is 18.2 Å². The van der Waals surface area contributed by atoms with Crippen LogP contribution in [0, 0.1) is 5.92 Å². The van der Waals surface area contributed by atoms with Crippen LogP contribution in [0.3, 0.4) is 0 Å². The molecule has 1 unspecified atom stereocenters. The molecule has 0 radical (unpaired) electrons. The minimum atomic E-state index is -0.0935. The van der Waals surface area contributed by atoms with E-state index >= 15 is 0 Å². The molecule has 1 fully saturated rings. The summed E-state index contributed by atoms with van der Waals surface area (Å²) in [6, 6.07) is 5.85. The Bertz CT molecular complexity index is 569. The highest BCUT2D eigenvalue weighted by Gasteiger charge is 2.36. The van der Waals surface area contributed by atoms with Crippen molar-refractivity contribution in [2.75, 3.05) is 18.1 Å². The normalized spacial score (nSPS) is 31.0. The quantitative estimate of drug-likeness (QED) is 0.910. The molecule has 2 N–H and O–H groups in total. The summed E-state index contributed by atoms with van der Waals surface area (Å²) in [5.41, 5.74) is 8.29. The first-order valence-corrected chi connectivity index (χ1v) is 7.92. The highest BCUT2D eigenvalue weighted by Crippen LogP contribution is 2.41. The predicted octanol–water partition coefficient (Wildman–Crippen LogP) is 2.25. The molecular formula is C17H24N2O3. The van der Waals surface area contributed by atoms with Gasteiger partial charge in [0.05, 0.1) is 13.2 Å². The third-order valence-electron chi connectivity index (χ3n) is 4.88. The van der Waals surface area contributed by atoms with Gasteiger partial charge in [-0.2, -0.15) is 0 Å². The first-order valence-electron chi connectivity index (χ1n) is 7.92. The van der Waals surface area contributed by atoms with Gasteiger partial charge in [0, 0.05) is 31.1 Å². The Morgan fingerprint density at radius 2 is 2.18 bits per heavy atom. The van der Waals surface area contributed by atoms with Crippen LogP contribution in [-0.4, -0.2) is 31.3 Å². The number of anilines is 1. The average molecular weight is 304 g/mol. The van der Waals surface area contributed by atoms with Gasteiger partial charge in [-0.15, -0.1) is 0 Å². The number of nitrogens with zero attached hydrogens (tertiary/aromatic N) is 1. The highest BCUT2D eigenvalue weighted by atomic mass is 16.5. The molecule has 1 aromatic rings. The molecule has 1 amide bonds. The van der Waals surface area contributed by atoms with Gasteiger partial charge in [0.15, 0.2) is 0 Å². The fourth-order valence-electron chi connectivity index (χ4n) is 3.38. The molecule has 5 nitrogen and oxygen atoms in total. The van der Waals surface area contributed by atoms with E-state index in [1.807, 2.05) is 23.1 Å². The van der Waals surface area contributed by atoms with Crippen LogP contribution in [0.2, 0.25) is 0 Å². The maximum atomic E-state index is 12.0. The minimum Gasteiger partial charge on any atom is -0.488 e. The van der Waals surface area contributed by atoms with Crippen molar-refractivity contribution in [1.29, 1.82) is 0 Å². The summed E-state index contributed by atoms with van der Waals surface area (Å²) in [5, 5.41) is 0. The maximum Gasteiger partial charge on any atom is 0.224 e. The third kappa shape index (κ3) is 2.59. The molecular weight excluding hydrogens is 280 g/mol. The summed E-state index contributed by atoms with van der Waals surface area (Å²) in [5.74, 6) is 1.04. The molecule has 1 aromatic carbocycles. The van der Waals surface area contributed by atoms with Crippen molar-refractivity contribution in [3.63, 3.8) is 0 Å². The van der Waals surface area contributed by atoms with E-state index in [-0.39, 0.29) is 30.0 Å². The second kappa shape index (κ2) is 5.89. The first-order chi connectivity index (χ1) is 10.5. The van der Waals surface area contributed by atoms with Crippen LogP contribution in [-0.2, 0) is 9.53 Å². The summed E-state index contributed by atoms with van der Waals surface area (Å²) >= 11 is 0. The third-order valence-corrected chi connectivity index (χ3v) is 4.88. The average Bonchev–Trinajstić information content (AvgIpc) is 2.98. The van der Waals surface area contributed by atoms with Crippen LogP contribution in [0.25, 0.3) is 0 Å². The molecule has 2 heterocycles. The van der Waals surface area contributed by atoms with Gasteiger partial charge in [-0.3, -0.25) is 4.79 Å². The Morgan fingerprint density at radius 1 is 1.41 bits per heavy atom. The molecule has 3 rings (SSSR count). The summed E-state index contributed by atoms with van der Waals surface area (Å²) in [4.78, 5) is 13.9. The molecule has 0 saturated carbocycles. The number of amides is 1. The zero-order valence-electron chi connectivity index (χ0n) is 13.4. The van der Waals surface area contributed by atoms with Crippen molar-refractivity contribution in [1.82, 2.24) is 0 Å². The van der Waals surface area contributed by atoms with Gasteiger partial charge in [-0.1, -0.05) is 6.92 Å². The topological polar surface area (TPSA) is 64.8 Å². The Balaban J connectivity index is 1.93. The Hall–Kier alpha value is -1.59. The lowest BCUT2D eigenvalue weighted by Crippen LogP contribution is -2.48. The van der Waals surface area contributed by atoms with Crippen molar-refractivity contribution in [2.45, 2.75) is 45.4 Å².